The summed E-state index contributed by atoms with van der Waals surface area (Å²) in [6.45, 7) is 6.35. The zero-order chi connectivity index (χ0) is 15.5. The number of nitrogens with zero attached hydrogens (tertiary/aromatic N) is 3. The van der Waals surface area contributed by atoms with E-state index in [1.165, 1.54) is 0 Å². The van der Waals surface area contributed by atoms with Crippen LogP contribution < -0.4 is 5.32 Å². The van der Waals surface area contributed by atoms with Crippen LogP contribution in [0.4, 0.5) is 0 Å². The summed E-state index contributed by atoms with van der Waals surface area (Å²) in [4.78, 5) is 18.9. The molecule has 0 aromatic carbocycles. The van der Waals surface area contributed by atoms with Gasteiger partial charge < -0.3 is 10.2 Å². The number of amides is 1. The van der Waals surface area contributed by atoms with Crippen LogP contribution in [-0.2, 0) is 0 Å². The van der Waals surface area contributed by atoms with E-state index in [0.29, 0.717) is 18.2 Å². The molecular weight excluding hydrogens is 314 g/mol. The molecule has 1 amide bonds. The fourth-order valence-electron chi connectivity index (χ4n) is 2.71. The van der Waals surface area contributed by atoms with Gasteiger partial charge in [0.2, 0.25) is 0 Å². The molecule has 0 spiro atoms. The maximum absolute atomic E-state index is 12.8. The van der Waals surface area contributed by atoms with Crippen molar-refractivity contribution in [1.82, 2.24) is 25.4 Å². The number of pyridine rings is 1. The molecular formula is C16H22ClN5O. The zero-order valence-electron chi connectivity index (χ0n) is 13.3. The summed E-state index contributed by atoms with van der Waals surface area (Å²) in [5.41, 5.74) is 2.51. The largest absolute Gasteiger partial charge is 0.328 e. The van der Waals surface area contributed by atoms with Crippen LogP contribution in [0, 0.1) is 0 Å². The van der Waals surface area contributed by atoms with E-state index in [0.717, 1.165) is 24.3 Å². The Hall–Kier alpha value is -1.92. The number of aromatic nitrogens is 3. The van der Waals surface area contributed by atoms with Gasteiger partial charge in [-0.2, -0.15) is 5.10 Å². The fraction of sp³-hybridized carbons (Fsp3) is 0.438. The second-order valence-corrected chi connectivity index (χ2v) is 5.87. The van der Waals surface area contributed by atoms with Crippen molar-refractivity contribution in [2.75, 3.05) is 19.6 Å². The summed E-state index contributed by atoms with van der Waals surface area (Å²) in [6, 6.07) is 5.76. The topological polar surface area (TPSA) is 73.9 Å². The van der Waals surface area contributed by atoms with E-state index in [4.69, 9.17) is 0 Å². The van der Waals surface area contributed by atoms with Crippen LogP contribution in [0.25, 0.3) is 0 Å². The van der Waals surface area contributed by atoms with Gasteiger partial charge in [0.25, 0.3) is 5.91 Å². The molecule has 1 fully saturated rings. The molecule has 0 saturated carbocycles. The predicted octanol–water partition coefficient (Wildman–Crippen LogP) is 2.14. The Morgan fingerprint density at radius 2 is 2.26 bits per heavy atom. The molecule has 0 aliphatic carbocycles. The molecule has 2 aromatic heterocycles. The third-order valence-corrected chi connectivity index (χ3v) is 4.01. The molecule has 23 heavy (non-hydrogen) atoms. The minimum atomic E-state index is -0.0292. The van der Waals surface area contributed by atoms with Crippen molar-refractivity contribution in [2.45, 2.75) is 25.8 Å². The smallest absolute Gasteiger partial charge is 0.274 e. The van der Waals surface area contributed by atoms with Crippen LogP contribution >= 0.6 is 12.4 Å². The molecule has 2 aromatic rings. The molecule has 3 heterocycles. The average Bonchev–Trinajstić information content (AvgIpc) is 3.05. The van der Waals surface area contributed by atoms with Crippen LogP contribution in [0.15, 0.2) is 30.6 Å². The number of hydrogen-bond acceptors (Lipinski definition) is 4. The van der Waals surface area contributed by atoms with Crippen LogP contribution in [-0.4, -0.2) is 45.6 Å². The predicted molar refractivity (Wildman–Crippen MR) is 90.8 cm³/mol. The minimum absolute atomic E-state index is 0. The summed E-state index contributed by atoms with van der Waals surface area (Å²) < 4.78 is 0. The summed E-state index contributed by atoms with van der Waals surface area (Å²) in [6.07, 6.45) is 3.57. The van der Waals surface area contributed by atoms with Crippen LogP contribution in [0.5, 0.6) is 0 Å². The standard InChI is InChI=1S/C16H21N5O.ClH/c1-11(2)13-8-14(20-19-13)16(22)21-7-6-18-10-15(21)12-4-3-5-17-9-12;/h3-5,8-9,11,15,18H,6-7,10H2,1-2H3,(H,19,20);1H. The third-order valence-electron chi connectivity index (χ3n) is 4.01. The van der Waals surface area contributed by atoms with Crippen LogP contribution in [0.1, 0.15) is 47.6 Å². The number of H-pyrrole nitrogens is 1. The summed E-state index contributed by atoms with van der Waals surface area (Å²) in [7, 11) is 0. The van der Waals surface area contributed by atoms with Crippen LogP contribution in [0.3, 0.4) is 0 Å². The van der Waals surface area contributed by atoms with Crippen molar-refractivity contribution in [2.24, 2.45) is 0 Å². The van der Waals surface area contributed by atoms with E-state index in [1.54, 1.807) is 6.20 Å². The Balaban J connectivity index is 0.00000192. The lowest BCUT2D eigenvalue weighted by atomic mass is 10.0. The number of rotatable bonds is 3. The van der Waals surface area contributed by atoms with Gasteiger partial charge in [0.1, 0.15) is 5.69 Å². The molecule has 0 radical (unpaired) electrons. The maximum Gasteiger partial charge on any atom is 0.274 e. The van der Waals surface area contributed by atoms with Crippen molar-refractivity contribution in [3.63, 3.8) is 0 Å². The molecule has 3 rings (SSSR count). The second kappa shape index (κ2) is 7.57. The van der Waals surface area contributed by atoms with Gasteiger partial charge in [-0.1, -0.05) is 19.9 Å². The maximum atomic E-state index is 12.8. The Morgan fingerprint density at radius 1 is 1.43 bits per heavy atom. The fourth-order valence-corrected chi connectivity index (χ4v) is 2.71. The van der Waals surface area contributed by atoms with Crippen molar-refractivity contribution >= 4 is 18.3 Å². The molecule has 124 valence electrons. The lowest BCUT2D eigenvalue weighted by Gasteiger charge is -2.35. The molecule has 1 saturated heterocycles. The van der Waals surface area contributed by atoms with Crippen molar-refractivity contribution < 1.29 is 4.79 Å². The van der Waals surface area contributed by atoms with Crippen molar-refractivity contribution in [1.29, 1.82) is 0 Å². The van der Waals surface area contributed by atoms with Crippen molar-refractivity contribution in [3.8, 4) is 0 Å². The van der Waals surface area contributed by atoms with E-state index in [1.807, 2.05) is 29.3 Å². The number of carbonyl (C=O) groups is 1. The number of halogens is 1. The summed E-state index contributed by atoms with van der Waals surface area (Å²) in [5, 5.41) is 10.5. The van der Waals surface area contributed by atoms with Gasteiger partial charge in [-0.05, 0) is 23.6 Å². The number of piperazine rings is 1. The molecule has 1 aliphatic heterocycles. The van der Waals surface area contributed by atoms with Crippen molar-refractivity contribution in [3.05, 3.63) is 47.5 Å². The molecule has 0 bridgehead atoms. The first-order valence-electron chi connectivity index (χ1n) is 7.63. The lowest BCUT2D eigenvalue weighted by Crippen LogP contribution is -2.48. The molecule has 1 unspecified atom stereocenters. The highest BCUT2D eigenvalue weighted by Gasteiger charge is 2.30. The van der Waals surface area contributed by atoms with E-state index in [9.17, 15) is 4.79 Å². The number of hydrogen-bond donors (Lipinski definition) is 2. The molecule has 2 N–H and O–H groups in total. The van der Waals surface area contributed by atoms with Gasteiger partial charge in [0, 0.05) is 37.7 Å². The highest BCUT2D eigenvalue weighted by Crippen LogP contribution is 2.23. The first-order valence-corrected chi connectivity index (χ1v) is 7.63. The van der Waals surface area contributed by atoms with E-state index < -0.39 is 0 Å². The monoisotopic (exact) mass is 335 g/mol. The Labute approximate surface area is 142 Å². The average molecular weight is 336 g/mol. The Kier molecular flexibility index (Phi) is 5.74. The van der Waals surface area contributed by atoms with Crippen LogP contribution in [0.2, 0.25) is 0 Å². The van der Waals surface area contributed by atoms with Gasteiger partial charge in [0.15, 0.2) is 0 Å². The SMILES string of the molecule is CC(C)c1cc(C(=O)N2CCNCC2c2cccnc2)n[nH]1.Cl. The van der Waals surface area contributed by atoms with E-state index >= 15 is 0 Å². The molecule has 1 atom stereocenters. The zero-order valence-corrected chi connectivity index (χ0v) is 14.1. The highest BCUT2D eigenvalue weighted by molar-refractivity contribution is 5.92. The van der Waals surface area contributed by atoms with Gasteiger partial charge in [-0.25, -0.2) is 0 Å². The Bertz CT molecular complexity index is 643. The van der Waals surface area contributed by atoms with Gasteiger partial charge in [-0.15, -0.1) is 12.4 Å². The first kappa shape index (κ1) is 17.4. The number of carbonyl (C=O) groups excluding carboxylic acids is 1. The van der Waals surface area contributed by atoms with Gasteiger partial charge in [-0.3, -0.25) is 14.9 Å². The third kappa shape index (κ3) is 3.71. The normalized spacial score (nSPS) is 17.9. The highest BCUT2D eigenvalue weighted by atomic mass is 35.5. The first-order chi connectivity index (χ1) is 10.7. The summed E-state index contributed by atoms with van der Waals surface area (Å²) in [5.74, 6) is 0.296. The summed E-state index contributed by atoms with van der Waals surface area (Å²) >= 11 is 0. The van der Waals surface area contributed by atoms with Gasteiger partial charge in [0.05, 0.1) is 6.04 Å². The van der Waals surface area contributed by atoms with E-state index in [-0.39, 0.29) is 24.4 Å². The van der Waals surface area contributed by atoms with E-state index in [2.05, 4.69) is 34.3 Å². The van der Waals surface area contributed by atoms with Gasteiger partial charge >= 0.3 is 0 Å². The quantitative estimate of drug-likeness (QED) is 0.901. The number of aromatic amines is 1. The Morgan fingerprint density at radius 3 is 2.91 bits per heavy atom. The molecule has 6 nitrogen and oxygen atoms in total. The second-order valence-electron chi connectivity index (χ2n) is 5.87. The lowest BCUT2D eigenvalue weighted by molar-refractivity contribution is 0.0628. The molecule has 7 heteroatoms. The minimum Gasteiger partial charge on any atom is -0.328 e. The number of nitrogens with one attached hydrogen (secondary N) is 2. The molecule has 1 aliphatic rings.